The molecule has 0 spiro atoms. The number of aromatic nitrogens is 2. The number of rotatable bonds is 8. The van der Waals surface area contributed by atoms with E-state index in [4.69, 9.17) is 5.11 Å². The Labute approximate surface area is 182 Å². The Balaban J connectivity index is 0.00000280. The molecular formula is C19H20ClN3O2S3. The number of halogens is 1. The number of nitrogens with one attached hydrogen (secondary N) is 1. The lowest BCUT2D eigenvalue weighted by molar-refractivity contribution is -0.140. The van der Waals surface area contributed by atoms with E-state index in [0.717, 1.165) is 31.3 Å². The summed E-state index contributed by atoms with van der Waals surface area (Å²) in [7, 11) is 0. The van der Waals surface area contributed by atoms with Crippen LogP contribution in [0.4, 0.5) is 10.9 Å². The number of thioether (sulfide) groups is 1. The third-order valence-electron chi connectivity index (χ3n) is 3.56. The van der Waals surface area contributed by atoms with Crippen LogP contribution in [0.2, 0.25) is 0 Å². The van der Waals surface area contributed by atoms with E-state index in [1.54, 1.807) is 24.9 Å². The van der Waals surface area contributed by atoms with Crippen molar-refractivity contribution in [3.8, 4) is 0 Å². The van der Waals surface area contributed by atoms with Gasteiger partial charge >= 0.3 is 5.97 Å². The minimum atomic E-state index is -0.785. The summed E-state index contributed by atoms with van der Waals surface area (Å²) in [5.41, 5.74) is 0.967. The lowest BCUT2D eigenvalue weighted by Gasteiger charge is -2.12. The summed E-state index contributed by atoms with van der Waals surface area (Å²) in [6.45, 7) is 3.67. The second-order valence-corrected chi connectivity index (χ2v) is 8.97. The summed E-state index contributed by atoms with van der Waals surface area (Å²) in [6.07, 6.45) is 1.77. The number of carboxylic acid groups (broad SMARTS) is 1. The molecule has 0 radical (unpaired) electrons. The van der Waals surface area contributed by atoms with Crippen LogP contribution in [0.3, 0.4) is 0 Å². The van der Waals surface area contributed by atoms with Crippen LogP contribution in [-0.2, 0) is 4.79 Å². The van der Waals surface area contributed by atoms with Gasteiger partial charge in [-0.15, -0.1) is 35.5 Å². The molecule has 1 atom stereocenters. The summed E-state index contributed by atoms with van der Waals surface area (Å²) in [5, 5.41) is 15.2. The first-order chi connectivity index (χ1) is 13.0. The number of thiazole rings is 1. The van der Waals surface area contributed by atoms with E-state index in [0.29, 0.717) is 5.75 Å². The highest BCUT2D eigenvalue weighted by molar-refractivity contribution is 8.00. The molecule has 0 fully saturated rings. The van der Waals surface area contributed by atoms with Gasteiger partial charge in [0.15, 0.2) is 5.13 Å². The number of aryl methyl sites for hydroxylation is 1. The molecule has 3 aromatic rings. The molecule has 28 heavy (non-hydrogen) atoms. The van der Waals surface area contributed by atoms with Crippen molar-refractivity contribution in [1.82, 2.24) is 9.97 Å². The van der Waals surface area contributed by atoms with Crippen molar-refractivity contribution in [1.29, 1.82) is 0 Å². The average molecular weight is 454 g/mol. The number of aliphatic carboxylic acids is 1. The van der Waals surface area contributed by atoms with Crippen LogP contribution in [0.15, 0.2) is 62.7 Å². The fraction of sp³-hybridized carbons (Fsp3) is 0.211. The molecule has 1 aromatic carbocycles. The van der Waals surface area contributed by atoms with Crippen molar-refractivity contribution >= 4 is 64.2 Å². The summed E-state index contributed by atoms with van der Waals surface area (Å²) >= 11 is 4.66. The second-order valence-electron chi connectivity index (χ2n) is 5.90. The van der Waals surface area contributed by atoms with Gasteiger partial charge in [0, 0.05) is 27.1 Å². The van der Waals surface area contributed by atoms with Gasteiger partial charge in [0.25, 0.3) is 0 Å². The highest BCUT2D eigenvalue weighted by Crippen LogP contribution is 2.36. The highest BCUT2D eigenvalue weighted by Gasteiger charge is 2.14. The van der Waals surface area contributed by atoms with Crippen LogP contribution in [0.1, 0.15) is 12.6 Å². The fourth-order valence-electron chi connectivity index (χ4n) is 2.10. The highest BCUT2D eigenvalue weighted by atomic mass is 35.5. The zero-order valence-electron chi connectivity index (χ0n) is 15.3. The molecular weight excluding hydrogens is 434 g/mol. The maximum absolute atomic E-state index is 11.0. The Bertz CT molecular complexity index is 922. The minimum Gasteiger partial charge on any atom is -0.481 e. The van der Waals surface area contributed by atoms with Crippen molar-refractivity contribution in [2.24, 2.45) is 5.92 Å². The third kappa shape index (κ3) is 6.41. The van der Waals surface area contributed by atoms with E-state index in [1.165, 1.54) is 23.1 Å². The molecule has 2 N–H and O–H groups in total. The van der Waals surface area contributed by atoms with Crippen LogP contribution in [0.5, 0.6) is 0 Å². The van der Waals surface area contributed by atoms with E-state index >= 15 is 0 Å². The monoisotopic (exact) mass is 453 g/mol. The average Bonchev–Trinajstić information content (AvgIpc) is 3.07. The van der Waals surface area contributed by atoms with Gasteiger partial charge in [0.2, 0.25) is 0 Å². The number of anilines is 2. The fourth-order valence-corrected chi connectivity index (χ4v) is 4.71. The van der Waals surface area contributed by atoms with Crippen molar-refractivity contribution in [3.63, 3.8) is 0 Å². The Morgan fingerprint density at radius 3 is 2.68 bits per heavy atom. The Morgan fingerprint density at radius 2 is 2.04 bits per heavy atom. The van der Waals surface area contributed by atoms with Crippen molar-refractivity contribution < 1.29 is 9.90 Å². The van der Waals surface area contributed by atoms with Gasteiger partial charge in [-0.3, -0.25) is 4.79 Å². The lowest BCUT2D eigenvalue weighted by atomic mass is 10.2. The van der Waals surface area contributed by atoms with Gasteiger partial charge in [-0.05, 0) is 25.1 Å². The Kier molecular flexibility index (Phi) is 8.62. The number of carbonyl (C=O) groups is 1. The molecule has 0 amide bonds. The number of hydrogen-bond acceptors (Lipinski definition) is 7. The standard InChI is InChI=1S/C19H19N3O2S3.ClH/c1-12(18(23)24)10-25-15-8-16(27-14-6-4-3-5-7-14)17(20-9-15)22-19-21-13(2)11-26-19;/h3-9,11-12H,10H2,1-2H3,(H,23,24)(H,20,21,22);1H. The first-order valence-electron chi connectivity index (χ1n) is 8.29. The van der Waals surface area contributed by atoms with E-state index in [1.807, 2.05) is 48.7 Å². The molecule has 2 heterocycles. The molecule has 9 heteroatoms. The minimum absolute atomic E-state index is 0. The van der Waals surface area contributed by atoms with E-state index in [9.17, 15) is 4.79 Å². The first kappa shape index (κ1) is 22.5. The molecule has 0 saturated heterocycles. The molecule has 1 unspecified atom stereocenters. The third-order valence-corrected chi connectivity index (χ3v) is 6.70. The van der Waals surface area contributed by atoms with Crippen molar-refractivity contribution in [2.75, 3.05) is 11.1 Å². The van der Waals surface area contributed by atoms with Gasteiger partial charge in [0.1, 0.15) is 5.82 Å². The number of carboxylic acids is 1. The van der Waals surface area contributed by atoms with Crippen LogP contribution < -0.4 is 5.32 Å². The summed E-state index contributed by atoms with van der Waals surface area (Å²) in [4.78, 5) is 23.1. The quantitative estimate of drug-likeness (QED) is 0.406. The summed E-state index contributed by atoms with van der Waals surface area (Å²) < 4.78 is 0. The van der Waals surface area contributed by atoms with Gasteiger partial charge in [0.05, 0.1) is 16.5 Å². The molecule has 2 aromatic heterocycles. The zero-order valence-corrected chi connectivity index (χ0v) is 18.6. The number of nitrogens with zero attached hydrogens (tertiary/aromatic N) is 2. The van der Waals surface area contributed by atoms with Crippen molar-refractivity contribution in [2.45, 2.75) is 28.5 Å². The lowest BCUT2D eigenvalue weighted by Crippen LogP contribution is -2.11. The van der Waals surface area contributed by atoms with Gasteiger partial charge < -0.3 is 10.4 Å². The maximum atomic E-state index is 11.0. The molecule has 0 bridgehead atoms. The Morgan fingerprint density at radius 1 is 1.29 bits per heavy atom. The van der Waals surface area contributed by atoms with Crippen LogP contribution in [-0.4, -0.2) is 26.8 Å². The van der Waals surface area contributed by atoms with Crippen LogP contribution >= 0.6 is 47.3 Å². The predicted octanol–water partition coefficient (Wildman–Crippen LogP) is 5.98. The Hall–Kier alpha value is -1.74. The van der Waals surface area contributed by atoms with Gasteiger partial charge in [-0.25, -0.2) is 9.97 Å². The molecule has 0 saturated carbocycles. The molecule has 5 nitrogen and oxygen atoms in total. The first-order valence-corrected chi connectivity index (χ1v) is 11.0. The maximum Gasteiger partial charge on any atom is 0.307 e. The predicted molar refractivity (Wildman–Crippen MR) is 120 cm³/mol. The van der Waals surface area contributed by atoms with Crippen LogP contribution in [0.25, 0.3) is 0 Å². The SMILES string of the molecule is Cc1csc(Nc2ncc(SCC(C)C(=O)O)cc2Sc2ccccc2)n1.Cl. The second kappa shape index (κ2) is 10.7. The largest absolute Gasteiger partial charge is 0.481 e. The normalized spacial score (nSPS) is 11.5. The summed E-state index contributed by atoms with van der Waals surface area (Å²) in [6, 6.07) is 12.1. The van der Waals surface area contributed by atoms with E-state index in [-0.39, 0.29) is 12.4 Å². The zero-order chi connectivity index (χ0) is 19.2. The number of benzene rings is 1. The molecule has 3 rings (SSSR count). The van der Waals surface area contributed by atoms with Gasteiger partial charge in [-0.2, -0.15) is 0 Å². The van der Waals surface area contributed by atoms with Crippen molar-refractivity contribution in [3.05, 3.63) is 53.7 Å². The molecule has 0 aliphatic heterocycles. The smallest absolute Gasteiger partial charge is 0.307 e. The molecule has 0 aliphatic carbocycles. The molecule has 0 aliphatic rings. The van der Waals surface area contributed by atoms with E-state index in [2.05, 4.69) is 15.3 Å². The van der Waals surface area contributed by atoms with Crippen LogP contribution in [0, 0.1) is 12.8 Å². The van der Waals surface area contributed by atoms with E-state index < -0.39 is 11.9 Å². The molecule has 148 valence electrons. The summed E-state index contributed by atoms with van der Waals surface area (Å²) in [5.74, 6) is 0.0576. The number of pyridine rings is 1. The number of hydrogen-bond donors (Lipinski definition) is 2. The van der Waals surface area contributed by atoms with Gasteiger partial charge in [-0.1, -0.05) is 36.9 Å². The topological polar surface area (TPSA) is 75.1 Å².